The normalized spacial score (nSPS) is 28.2. The highest BCUT2D eigenvalue weighted by molar-refractivity contribution is 6.05. The number of hydrogen-bond acceptors (Lipinski definition) is 5. The molecule has 2 atom stereocenters. The van der Waals surface area contributed by atoms with Crippen molar-refractivity contribution in [1.29, 1.82) is 0 Å². The monoisotopic (exact) mass is 292 g/mol. The molecule has 2 amide bonds. The van der Waals surface area contributed by atoms with Crippen molar-refractivity contribution < 1.29 is 24.0 Å². The minimum atomic E-state index is -1.20. The summed E-state index contributed by atoms with van der Waals surface area (Å²) in [5.74, 6) is -1.33. The van der Waals surface area contributed by atoms with Gasteiger partial charge in [-0.2, -0.15) is 0 Å². The number of nitrogens with zero attached hydrogens (tertiary/aromatic N) is 2. The van der Waals surface area contributed by atoms with Crippen LogP contribution in [0.25, 0.3) is 0 Å². The van der Waals surface area contributed by atoms with Crippen molar-refractivity contribution in [1.82, 2.24) is 10.1 Å². The minimum absolute atomic E-state index is 0.0399. The third-order valence-corrected chi connectivity index (χ3v) is 4.50. The summed E-state index contributed by atoms with van der Waals surface area (Å²) >= 11 is 0. The number of likely N-dealkylation sites (tertiary alicyclic amines) is 1. The van der Waals surface area contributed by atoms with Gasteiger partial charge in [-0.3, -0.25) is 14.5 Å². The average molecular weight is 292 g/mol. The van der Waals surface area contributed by atoms with E-state index < -0.39 is 5.97 Å². The maximum Gasteiger partial charge on any atom is 0.358 e. The quantitative estimate of drug-likeness (QED) is 0.839. The van der Waals surface area contributed by atoms with E-state index in [1.54, 1.807) is 0 Å². The first-order chi connectivity index (χ1) is 10.0. The van der Waals surface area contributed by atoms with E-state index in [4.69, 9.17) is 9.63 Å². The van der Waals surface area contributed by atoms with Crippen LogP contribution in [-0.4, -0.2) is 32.9 Å². The van der Waals surface area contributed by atoms with Gasteiger partial charge in [0.2, 0.25) is 11.8 Å². The lowest BCUT2D eigenvalue weighted by Crippen LogP contribution is -2.31. The van der Waals surface area contributed by atoms with Crippen LogP contribution in [0, 0.1) is 17.8 Å². The van der Waals surface area contributed by atoms with Crippen LogP contribution in [-0.2, 0) is 16.1 Å². The van der Waals surface area contributed by atoms with E-state index in [9.17, 15) is 14.4 Å². The molecule has 1 aliphatic carbocycles. The molecule has 0 radical (unpaired) electrons. The number of carbonyl (C=O) groups is 3. The number of hydrogen-bond donors (Lipinski definition) is 1. The summed E-state index contributed by atoms with van der Waals surface area (Å²) in [6.07, 6.45) is 2.51. The van der Waals surface area contributed by atoms with Crippen molar-refractivity contribution in [3.8, 4) is 0 Å². The molecule has 2 fully saturated rings. The summed E-state index contributed by atoms with van der Waals surface area (Å²) in [5.41, 5.74) is -0.227. The largest absolute Gasteiger partial charge is 0.476 e. The van der Waals surface area contributed by atoms with Crippen LogP contribution in [0.2, 0.25) is 0 Å². The van der Waals surface area contributed by atoms with Crippen molar-refractivity contribution in [3.63, 3.8) is 0 Å². The van der Waals surface area contributed by atoms with Crippen LogP contribution >= 0.6 is 0 Å². The number of fused-ring (bicyclic) bond motifs is 1. The number of carboxylic acids is 1. The summed E-state index contributed by atoms with van der Waals surface area (Å²) in [7, 11) is 0. The molecule has 3 rings (SSSR count). The van der Waals surface area contributed by atoms with Crippen LogP contribution in [0.15, 0.2) is 10.6 Å². The highest BCUT2D eigenvalue weighted by Gasteiger charge is 2.52. The summed E-state index contributed by atoms with van der Waals surface area (Å²) in [5, 5.41) is 12.2. The number of carboxylic acid groups (broad SMARTS) is 1. The Morgan fingerprint density at radius 1 is 1.38 bits per heavy atom. The topological polar surface area (TPSA) is 101 Å². The molecule has 7 nitrogen and oxygen atoms in total. The van der Waals surface area contributed by atoms with E-state index in [1.165, 1.54) is 11.0 Å². The molecule has 0 aromatic carbocycles. The molecule has 1 saturated heterocycles. The summed E-state index contributed by atoms with van der Waals surface area (Å²) < 4.78 is 4.87. The van der Waals surface area contributed by atoms with E-state index in [0.29, 0.717) is 5.92 Å². The number of amides is 2. The third-order valence-electron chi connectivity index (χ3n) is 4.50. The first-order valence-electron chi connectivity index (χ1n) is 7.05. The minimum Gasteiger partial charge on any atom is -0.476 e. The van der Waals surface area contributed by atoms with Crippen LogP contribution in [0.5, 0.6) is 0 Å². The van der Waals surface area contributed by atoms with Gasteiger partial charge in [0.15, 0.2) is 11.5 Å². The maximum atomic E-state index is 12.3. The van der Waals surface area contributed by atoms with Crippen molar-refractivity contribution in [2.75, 3.05) is 0 Å². The van der Waals surface area contributed by atoms with Gasteiger partial charge >= 0.3 is 5.97 Å². The molecule has 1 aliphatic heterocycles. The molecule has 2 aliphatic rings. The van der Waals surface area contributed by atoms with Gasteiger partial charge in [0.05, 0.1) is 18.4 Å². The Bertz CT molecular complexity index is 584. The zero-order chi connectivity index (χ0) is 15.1. The Balaban J connectivity index is 1.74. The number of imide groups is 1. The molecular weight excluding hydrogens is 276 g/mol. The van der Waals surface area contributed by atoms with Crippen LogP contribution in [0.3, 0.4) is 0 Å². The highest BCUT2D eigenvalue weighted by atomic mass is 16.5. The van der Waals surface area contributed by atoms with E-state index in [2.05, 4.69) is 12.1 Å². The molecule has 1 N–H and O–H groups in total. The van der Waals surface area contributed by atoms with Gasteiger partial charge in [-0.25, -0.2) is 4.79 Å². The van der Waals surface area contributed by atoms with Crippen LogP contribution < -0.4 is 0 Å². The summed E-state index contributed by atoms with van der Waals surface area (Å²) in [6, 6.07) is 1.24. The number of aromatic carboxylic acids is 1. The van der Waals surface area contributed by atoms with Gasteiger partial charge in [0, 0.05) is 6.07 Å². The molecule has 0 bridgehead atoms. The SMILES string of the molecule is CCC1CC2C(=O)N(Cc3cc(C(=O)O)no3)C(=O)C2C1. The second-order valence-corrected chi connectivity index (χ2v) is 5.70. The second-order valence-electron chi connectivity index (χ2n) is 5.70. The Hall–Kier alpha value is -2.18. The molecule has 21 heavy (non-hydrogen) atoms. The van der Waals surface area contributed by atoms with Gasteiger partial charge in [-0.1, -0.05) is 18.5 Å². The first-order valence-corrected chi connectivity index (χ1v) is 7.05. The van der Waals surface area contributed by atoms with E-state index in [0.717, 1.165) is 19.3 Å². The molecule has 7 heteroatoms. The molecule has 1 aromatic heterocycles. The predicted molar refractivity (Wildman–Crippen MR) is 69.0 cm³/mol. The van der Waals surface area contributed by atoms with Crippen molar-refractivity contribution in [3.05, 3.63) is 17.5 Å². The van der Waals surface area contributed by atoms with Gasteiger partial charge in [-0.05, 0) is 18.8 Å². The fraction of sp³-hybridized carbons (Fsp3) is 0.571. The van der Waals surface area contributed by atoms with Crippen molar-refractivity contribution in [2.24, 2.45) is 17.8 Å². The van der Waals surface area contributed by atoms with Gasteiger partial charge in [0.1, 0.15) is 0 Å². The van der Waals surface area contributed by atoms with Crippen LogP contribution in [0.1, 0.15) is 42.4 Å². The van der Waals surface area contributed by atoms with E-state index >= 15 is 0 Å². The third kappa shape index (κ3) is 2.22. The van der Waals surface area contributed by atoms with Gasteiger partial charge in [-0.15, -0.1) is 0 Å². The lowest BCUT2D eigenvalue weighted by Gasteiger charge is -2.15. The molecule has 0 spiro atoms. The summed E-state index contributed by atoms with van der Waals surface area (Å²) in [6.45, 7) is 2.03. The number of rotatable bonds is 4. The Morgan fingerprint density at radius 3 is 2.48 bits per heavy atom. The lowest BCUT2D eigenvalue weighted by atomic mass is 10.00. The van der Waals surface area contributed by atoms with Gasteiger partial charge in [0.25, 0.3) is 0 Å². The zero-order valence-corrected chi connectivity index (χ0v) is 11.6. The highest BCUT2D eigenvalue weighted by Crippen LogP contribution is 2.44. The Kier molecular flexibility index (Phi) is 3.27. The fourth-order valence-electron chi connectivity index (χ4n) is 3.33. The standard InChI is InChI=1S/C14H16N2O5/c1-2-7-3-9-10(4-7)13(18)16(12(9)17)6-8-5-11(14(19)20)15-21-8/h5,7,9-10H,2-4,6H2,1H3,(H,19,20). The van der Waals surface area contributed by atoms with E-state index in [-0.39, 0.29) is 41.6 Å². The van der Waals surface area contributed by atoms with Gasteiger partial charge < -0.3 is 9.63 Å². The molecule has 112 valence electrons. The Morgan fingerprint density at radius 2 is 2.00 bits per heavy atom. The Labute approximate surface area is 120 Å². The molecule has 1 saturated carbocycles. The number of aromatic nitrogens is 1. The first kappa shape index (κ1) is 13.8. The molecule has 2 unspecified atom stereocenters. The smallest absolute Gasteiger partial charge is 0.358 e. The average Bonchev–Trinajstić information content (AvgIpc) is 3.13. The molecular formula is C14H16N2O5. The zero-order valence-electron chi connectivity index (χ0n) is 11.6. The predicted octanol–water partition coefficient (Wildman–Crippen LogP) is 1.29. The maximum absolute atomic E-state index is 12.3. The number of carbonyl (C=O) groups excluding carboxylic acids is 2. The summed E-state index contributed by atoms with van der Waals surface area (Å²) in [4.78, 5) is 36.6. The van der Waals surface area contributed by atoms with E-state index in [1.807, 2.05) is 0 Å². The fourth-order valence-corrected chi connectivity index (χ4v) is 3.33. The second kappa shape index (κ2) is 4.98. The van der Waals surface area contributed by atoms with Crippen LogP contribution in [0.4, 0.5) is 0 Å². The van der Waals surface area contributed by atoms with Crippen molar-refractivity contribution in [2.45, 2.75) is 32.7 Å². The van der Waals surface area contributed by atoms with Crippen molar-refractivity contribution >= 4 is 17.8 Å². The molecule has 1 aromatic rings. The lowest BCUT2D eigenvalue weighted by molar-refractivity contribution is -0.141. The molecule has 2 heterocycles.